The molecule has 0 spiro atoms. The summed E-state index contributed by atoms with van der Waals surface area (Å²) in [4.78, 5) is 3.94. The summed E-state index contributed by atoms with van der Waals surface area (Å²) < 4.78 is 5.48. The molecular formula is C9H11ClN2O. The Bertz CT molecular complexity index is 289. The van der Waals surface area contributed by atoms with Crippen LogP contribution in [0, 0.1) is 0 Å². The van der Waals surface area contributed by atoms with Crippen LogP contribution in [0.5, 0.6) is 5.75 Å². The molecule has 0 radical (unpaired) electrons. The predicted octanol–water partition coefficient (Wildman–Crippen LogP) is 1.48. The predicted molar refractivity (Wildman–Crippen MR) is 51.1 cm³/mol. The second-order valence-electron chi connectivity index (χ2n) is 3.06. The van der Waals surface area contributed by atoms with Crippen molar-refractivity contribution >= 4 is 11.6 Å². The second-order valence-corrected chi connectivity index (χ2v) is 3.46. The van der Waals surface area contributed by atoms with Gasteiger partial charge in [0.1, 0.15) is 6.61 Å². The normalized spacial score (nSPS) is 20.8. The Balaban J connectivity index is 1.89. The number of hydrogen-bond donors (Lipinski definition) is 1. The van der Waals surface area contributed by atoms with Crippen LogP contribution in [0.1, 0.15) is 6.42 Å². The maximum atomic E-state index is 5.88. The molecule has 1 aliphatic heterocycles. The highest BCUT2D eigenvalue weighted by atomic mass is 35.5. The van der Waals surface area contributed by atoms with E-state index in [2.05, 4.69) is 10.3 Å². The van der Waals surface area contributed by atoms with Gasteiger partial charge >= 0.3 is 0 Å². The average molecular weight is 199 g/mol. The first kappa shape index (κ1) is 8.78. The minimum Gasteiger partial charge on any atom is -0.489 e. The number of hydrogen-bond acceptors (Lipinski definition) is 3. The zero-order valence-corrected chi connectivity index (χ0v) is 7.92. The molecule has 13 heavy (non-hydrogen) atoms. The molecular weight excluding hydrogens is 188 g/mol. The van der Waals surface area contributed by atoms with E-state index in [1.165, 1.54) is 6.42 Å². The van der Waals surface area contributed by atoms with E-state index in [1.54, 1.807) is 18.5 Å². The zero-order valence-electron chi connectivity index (χ0n) is 7.16. The van der Waals surface area contributed by atoms with Gasteiger partial charge in [0.2, 0.25) is 0 Å². The molecule has 0 bridgehead atoms. The first-order valence-corrected chi connectivity index (χ1v) is 4.70. The molecule has 1 aromatic rings. The lowest BCUT2D eigenvalue weighted by Crippen LogP contribution is -2.46. The van der Waals surface area contributed by atoms with E-state index in [-0.39, 0.29) is 0 Å². The van der Waals surface area contributed by atoms with Crippen molar-refractivity contribution < 1.29 is 4.74 Å². The number of pyridine rings is 1. The Labute approximate surface area is 82.1 Å². The molecule has 0 aromatic carbocycles. The van der Waals surface area contributed by atoms with Crippen molar-refractivity contribution in [3.05, 3.63) is 23.5 Å². The van der Waals surface area contributed by atoms with Gasteiger partial charge in [0.25, 0.3) is 0 Å². The van der Waals surface area contributed by atoms with E-state index in [9.17, 15) is 0 Å². The van der Waals surface area contributed by atoms with Crippen molar-refractivity contribution in [2.75, 3.05) is 13.2 Å². The van der Waals surface area contributed by atoms with Crippen molar-refractivity contribution in [2.45, 2.75) is 12.5 Å². The van der Waals surface area contributed by atoms with Crippen molar-refractivity contribution in [1.29, 1.82) is 0 Å². The van der Waals surface area contributed by atoms with Crippen LogP contribution in [0.3, 0.4) is 0 Å². The lowest BCUT2D eigenvalue weighted by Gasteiger charge is -2.27. The highest BCUT2D eigenvalue weighted by Gasteiger charge is 2.16. The van der Waals surface area contributed by atoms with Crippen molar-refractivity contribution in [2.24, 2.45) is 0 Å². The van der Waals surface area contributed by atoms with Crippen LogP contribution in [0.15, 0.2) is 18.5 Å². The van der Waals surface area contributed by atoms with Gasteiger partial charge in [0.15, 0.2) is 5.75 Å². The second kappa shape index (κ2) is 3.94. The summed E-state index contributed by atoms with van der Waals surface area (Å²) in [6, 6.07) is 2.21. The standard InChI is InChI=1S/C9H11ClN2O/c10-8-2-3-11-5-9(8)13-6-7-1-4-12-7/h2-3,5,7,12H,1,4,6H2/t7-/m1/s1. The first-order chi connectivity index (χ1) is 6.36. The highest BCUT2D eigenvalue weighted by molar-refractivity contribution is 6.31. The fourth-order valence-electron chi connectivity index (χ4n) is 1.15. The van der Waals surface area contributed by atoms with Crippen molar-refractivity contribution in [3.8, 4) is 5.75 Å². The summed E-state index contributed by atoms with van der Waals surface area (Å²) in [5, 5.41) is 3.87. The van der Waals surface area contributed by atoms with Crippen LogP contribution in [0.4, 0.5) is 0 Å². The molecule has 4 heteroatoms. The minimum absolute atomic E-state index is 0.483. The Morgan fingerprint density at radius 1 is 1.69 bits per heavy atom. The molecule has 1 N–H and O–H groups in total. The summed E-state index contributed by atoms with van der Waals surface area (Å²) in [5.74, 6) is 0.665. The topological polar surface area (TPSA) is 34.1 Å². The molecule has 0 unspecified atom stereocenters. The summed E-state index contributed by atoms with van der Waals surface area (Å²) >= 11 is 5.88. The van der Waals surface area contributed by atoms with Gasteiger partial charge in [-0.2, -0.15) is 0 Å². The maximum Gasteiger partial charge on any atom is 0.156 e. The van der Waals surface area contributed by atoms with E-state index < -0.39 is 0 Å². The van der Waals surface area contributed by atoms with Crippen LogP contribution in [-0.2, 0) is 0 Å². The van der Waals surface area contributed by atoms with Gasteiger partial charge in [0.05, 0.1) is 11.2 Å². The Morgan fingerprint density at radius 2 is 2.54 bits per heavy atom. The zero-order chi connectivity index (χ0) is 9.10. The molecule has 1 fully saturated rings. The SMILES string of the molecule is Clc1ccncc1OC[C@H]1CCN1. The Hall–Kier alpha value is -0.800. The molecule has 1 aromatic heterocycles. The van der Waals surface area contributed by atoms with Crippen LogP contribution in [-0.4, -0.2) is 24.2 Å². The number of rotatable bonds is 3. The van der Waals surface area contributed by atoms with E-state index >= 15 is 0 Å². The van der Waals surface area contributed by atoms with Gasteiger partial charge in [0, 0.05) is 12.2 Å². The molecule has 0 aliphatic carbocycles. The minimum atomic E-state index is 0.483. The van der Waals surface area contributed by atoms with Gasteiger partial charge in [-0.15, -0.1) is 0 Å². The average Bonchev–Trinajstić information content (AvgIpc) is 2.05. The quantitative estimate of drug-likeness (QED) is 0.799. The molecule has 0 amide bonds. The molecule has 2 rings (SSSR count). The van der Waals surface area contributed by atoms with Crippen LogP contribution < -0.4 is 10.1 Å². The molecule has 1 saturated heterocycles. The largest absolute Gasteiger partial charge is 0.489 e. The molecule has 3 nitrogen and oxygen atoms in total. The maximum absolute atomic E-state index is 5.88. The van der Waals surface area contributed by atoms with Crippen LogP contribution >= 0.6 is 11.6 Å². The van der Waals surface area contributed by atoms with Crippen LogP contribution in [0.2, 0.25) is 5.02 Å². The third-order valence-corrected chi connectivity index (χ3v) is 2.41. The lowest BCUT2D eigenvalue weighted by atomic mass is 10.1. The molecule has 0 saturated carbocycles. The number of halogens is 1. The molecule has 70 valence electrons. The van der Waals surface area contributed by atoms with Crippen LogP contribution in [0.25, 0.3) is 0 Å². The summed E-state index contributed by atoms with van der Waals surface area (Å²) in [6.07, 6.45) is 4.47. The molecule has 2 heterocycles. The van der Waals surface area contributed by atoms with Gasteiger partial charge in [-0.25, -0.2) is 0 Å². The number of aromatic nitrogens is 1. The van der Waals surface area contributed by atoms with Crippen molar-refractivity contribution in [3.63, 3.8) is 0 Å². The highest BCUT2D eigenvalue weighted by Crippen LogP contribution is 2.22. The third-order valence-electron chi connectivity index (χ3n) is 2.10. The summed E-state index contributed by atoms with van der Waals surface area (Å²) in [6.45, 7) is 1.76. The van der Waals surface area contributed by atoms with E-state index in [1.807, 2.05) is 0 Å². The van der Waals surface area contributed by atoms with E-state index in [4.69, 9.17) is 16.3 Å². The number of nitrogens with one attached hydrogen (secondary N) is 1. The lowest BCUT2D eigenvalue weighted by molar-refractivity contribution is 0.217. The fourth-order valence-corrected chi connectivity index (χ4v) is 1.31. The summed E-state index contributed by atoms with van der Waals surface area (Å²) in [5.41, 5.74) is 0. The van der Waals surface area contributed by atoms with E-state index in [0.717, 1.165) is 6.54 Å². The van der Waals surface area contributed by atoms with Gasteiger partial charge in [-0.3, -0.25) is 4.98 Å². The van der Waals surface area contributed by atoms with Crippen molar-refractivity contribution in [1.82, 2.24) is 10.3 Å². The Morgan fingerprint density at radius 3 is 3.15 bits per heavy atom. The van der Waals surface area contributed by atoms with Gasteiger partial charge < -0.3 is 10.1 Å². The first-order valence-electron chi connectivity index (χ1n) is 4.32. The van der Waals surface area contributed by atoms with Gasteiger partial charge in [-0.1, -0.05) is 11.6 Å². The smallest absolute Gasteiger partial charge is 0.156 e. The molecule has 1 aliphatic rings. The number of nitrogens with zero attached hydrogens (tertiary/aromatic N) is 1. The Kier molecular flexibility index (Phi) is 2.66. The summed E-state index contributed by atoms with van der Waals surface area (Å²) in [7, 11) is 0. The number of ether oxygens (including phenoxy) is 1. The molecule has 1 atom stereocenters. The fraction of sp³-hybridized carbons (Fsp3) is 0.444. The third kappa shape index (κ3) is 2.11. The monoisotopic (exact) mass is 198 g/mol. The van der Waals surface area contributed by atoms with E-state index in [0.29, 0.717) is 23.4 Å². The van der Waals surface area contributed by atoms with Gasteiger partial charge in [-0.05, 0) is 19.0 Å².